The van der Waals surface area contributed by atoms with Crippen LogP contribution in [0.1, 0.15) is 57.0 Å². The number of nitrogens with zero attached hydrogens (tertiary/aromatic N) is 3. The SMILES string of the molecule is O=C(CCl)C1CCCn2c(=O)n(C3CCCCC3)c(=O)n21. The second kappa shape index (κ2) is 5.83. The first-order valence-electron chi connectivity index (χ1n) is 7.67. The summed E-state index contributed by atoms with van der Waals surface area (Å²) in [6, 6.07) is -0.600. The zero-order valence-corrected chi connectivity index (χ0v) is 12.7. The highest BCUT2D eigenvalue weighted by Crippen LogP contribution is 2.27. The van der Waals surface area contributed by atoms with Crippen LogP contribution in [0.15, 0.2) is 9.59 Å². The van der Waals surface area contributed by atoms with E-state index in [0.29, 0.717) is 13.0 Å². The van der Waals surface area contributed by atoms with Crippen LogP contribution in [0.4, 0.5) is 0 Å². The number of hydrogen-bond acceptors (Lipinski definition) is 3. The van der Waals surface area contributed by atoms with Crippen molar-refractivity contribution in [1.82, 2.24) is 13.9 Å². The average molecular weight is 314 g/mol. The minimum absolute atomic E-state index is 0.0175. The first kappa shape index (κ1) is 14.6. The lowest BCUT2D eigenvalue weighted by atomic mass is 9.95. The Bertz CT molecular complexity index is 651. The van der Waals surface area contributed by atoms with E-state index in [1.807, 2.05) is 0 Å². The molecule has 1 fully saturated rings. The number of ketones is 1. The Hall–Kier alpha value is -1.30. The van der Waals surface area contributed by atoms with E-state index in [1.165, 1.54) is 13.9 Å². The Morgan fingerprint density at radius 3 is 2.43 bits per heavy atom. The summed E-state index contributed by atoms with van der Waals surface area (Å²) in [5, 5.41) is 0. The van der Waals surface area contributed by atoms with Gasteiger partial charge in [0, 0.05) is 12.6 Å². The lowest BCUT2D eigenvalue weighted by Gasteiger charge is -2.23. The molecule has 0 amide bonds. The smallest absolute Gasteiger partial charge is 0.296 e. The van der Waals surface area contributed by atoms with E-state index >= 15 is 0 Å². The summed E-state index contributed by atoms with van der Waals surface area (Å²) in [5.41, 5.74) is -0.603. The number of carbonyl (C=O) groups is 1. The van der Waals surface area contributed by atoms with Gasteiger partial charge in [0.1, 0.15) is 6.04 Å². The van der Waals surface area contributed by atoms with Gasteiger partial charge in [0.05, 0.1) is 5.88 Å². The van der Waals surface area contributed by atoms with E-state index in [9.17, 15) is 14.4 Å². The first-order chi connectivity index (χ1) is 10.1. The number of fused-ring (bicyclic) bond motifs is 1. The second-order valence-corrected chi connectivity index (χ2v) is 6.22. The molecule has 116 valence electrons. The molecule has 2 aliphatic rings. The van der Waals surface area contributed by atoms with Gasteiger partial charge in [-0.05, 0) is 25.7 Å². The van der Waals surface area contributed by atoms with Crippen molar-refractivity contribution < 1.29 is 4.79 Å². The van der Waals surface area contributed by atoms with Crippen molar-refractivity contribution in [2.75, 3.05) is 5.88 Å². The third-order valence-corrected chi connectivity index (χ3v) is 4.94. The molecule has 21 heavy (non-hydrogen) atoms. The van der Waals surface area contributed by atoms with E-state index in [1.54, 1.807) is 0 Å². The molecule has 0 spiro atoms. The zero-order chi connectivity index (χ0) is 15.0. The van der Waals surface area contributed by atoms with Gasteiger partial charge in [0.15, 0.2) is 5.78 Å². The van der Waals surface area contributed by atoms with Crippen molar-refractivity contribution in [3.63, 3.8) is 0 Å². The van der Waals surface area contributed by atoms with Gasteiger partial charge in [-0.1, -0.05) is 19.3 Å². The Labute approximate surface area is 127 Å². The summed E-state index contributed by atoms with van der Waals surface area (Å²) in [5.74, 6) is -0.312. The van der Waals surface area contributed by atoms with Crippen LogP contribution in [0.2, 0.25) is 0 Å². The molecule has 1 aromatic rings. The summed E-state index contributed by atoms with van der Waals surface area (Å²) < 4.78 is 4.17. The highest BCUT2D eigenvalue weighted by atomic mass is 35.5. The van der Waals surface area contributed by atoms with Gasteiger partial charge in [-0.3, -0.25) is 4.79 Å². The fourth-order valence-corrected chi connectivity index (χ4v) is 3.79. The quantitative estimate of drug-likeness (QED) is 0.793. The lowest BCUT2D eigenvalue weighted by molar-refractivity contribution is -0.121. The van der Waals surface area contributed by atoms with E-state index in [2.05, 4.69) is 0 Å². The van der Waals surface area contributed by atoms with Crippen LogP contribution in [0, 0.1) is 0 Å². The molecular formula is C14H20ClN3O3. The molecule has 7 heteroatoms. The standard InChI is InChI=1S/C14H20ClN3O3/c15-9-12(19)11-7-4-8-16-13(20)17(14(21)18(11)16)10-5-2-1-3-6-10/h10-11H,1-9H2. The fraction of sp³-hybridized carbons (Fsp3) is 0.786. The van der Waals surface area contributed by atoms with Gasteiger partial charge >= 0.3 is 11.4 Å². The van der Waals surface area contributed by atoms with Crippen molar-refractivity contribution >= 4 is 17.4 Å². The highest BCUT2D eigenvalue weighted by Gasteiger charge is 2.32. The van der Waals surface area contributed by atoms with Crippen LogP contribution in [0.3, 0.4) is 0 Å². The summed E-state index contributed by atoms with van der Waals surface area (Å²) in [4.78, 5) is 37.2. The van der Waals surface area contributed by atoms with Gasteiger partial charge in [-0.2, -0.15) is 0 Å². The van der Waals surface area contributed by atoms with E-state index in [4.69, 9.17) is 11.6 Å². The Balaban J connectivity index is 2.09. The maximum Gasteiger partial charge on any atom is 0.348 e. The van der Waals surface area contributed by atoms with Crippen molar-refractivity contribution in [2.45, 2.75) is 63.6 Å². The number of halogens is 1. The van der Waals surface area contributed by atoms with E-state index < -0.39 is 6.04 Å². The Kier molecular flexibility index (Phi) is 4.06. The normalized spacial score (nSPS) is 23.0. The van der Waals surface area contributed by atoms with Crippen LogP contribution in [-0.4, -0.2) is 25.6 Å². The number of aromatic nitrogens is 3. The molecule has 3 rings (SSSR count). The maximum atomic E-state index is 12.7. The Morgan fingerprint density at radius 1 is 1.05 bits per heavy atom. The van der Waals surface area contributed by atoms with Crippen molar-refractivity contribution in [3.8, 4) is 0 Å². The molecule has 1 aliphatic carbocycles. The fourth-order valence-electron chi connectivity index (χ4n) is 3.61. The summed E-state index contributed by atoms with van der Waals surface area (Å²) >= 11 is 5.64. The van der Waals surface area contributed by atoms with E-state index in [-0.39, 0.29) is 29.1 Å². The molecule has 0 bridgehead atoms. The third-order valence-electron chi connectivity index (χ3n) is 4.67. The number of hydrogen-bond donors (Lipinski definition) is 0. The van der Waals surface area contributed by atoms with Crippen molar-refractivity contribution in [3.05, 3.63) is 21.0 Å². The molecule has 1 unspecified atom stereocenters. The molecule has 1 saturated carbocycles. The number of Topliss-reactive ketones (excluding diaryl/α,β-unsaturated/α-hetero) is 1. The van der Waals surface area contributed by atoms with E-state index in [0.717, 1.165) is 38.5 Å². The molecule has 1 aromatic heterocycles. The van der Waals surface area contributed by atoms with Gasteiger partial charge in [-0.15, -0.1) is 11.6 Å². The monoisotopic (exact) mass is 313 g/mol. The average Bonchev–Trinajstić information content (AvgIpc) is 2.79. The molecule has 1 aliphatic heterocycles. The van der Waals surface area contributed by atoms with Gasteiger partial charge < -0.3 is 0 Å². The molecule has 0 N–H and O–H groups in total. The molecule has 0 aromatic carbocycles. The predicted molar refractivity (Wildman–Crippen MR) is 79.1 cm³/mol. The minimum atomic E-state index is -0.582. The van der Waals surface area contributed by atoms with Gasteiger partial charge in [-0.25, -0.2) is 23.5 Å². The first-order valence-corrected chi connectivity index (χ1v) is 8.21. The molecule has 6 nitrogen and oxygen atoms in total. The van der Waals surface area contributed by atoms with Crippen molar-refractivity contribution in [1.29, 1.82) is 0 Å². The largest absolute Gasteiger partial charge is 0.348 e. The Morgan fingerprint density at radius 2 is 1.76 bits per heavy atom. The van der Waals surface area contributed by atoms with Gasteiger partial charge in [0.25, 0.3) is 0 Å². The minimum Gasteiger partial charge on any atom is -0.296 e. The number of rotatable bonds is 3. The number of alkyl halides is 1. The number of carbonyl (C=O) groups excluding carboxylic acids is 1. The topological polar surface area (TPSA) is 66.0 Å². The lowest BCUT2D eigenvalue weighted by Crippen LogP contribution is -2.39. The van der Waals surface area contributed by atoms with Crippen LogP contribution >= 0.6 is 11.6 Å². The second-order valence-electron chi connectivity index (χ2n) is 5.95. The van der Waals surface area contributed by atoms with Crippen molar-refractivity contribution in [2.24, 2.45) is 0 Å². The van der Waals surface area contributed by atoms with Crippen LogP contribution in [-0.2, 0) is 11.3 Å². The molecule has 2 heterocycles. The zero-order valence-electron chi connectivity index (χ0n) is 12.0. The highest BCUT2D eigenvalue weighted by molar-refractivity contribution is 6.28. The third kappa shape index (κ3) is 2.39. The molecule has 0 radical (unpaired) electrons. The maximum absolute atomic E-state index is 12.7. The molecule has 1 atom stereocenters. The van der Waals surface area contributed by atoms with Gasteiger partial charge in [0.2, 0.25) is 0 Å². The summed E-state index contributed by atoms with van der Waals surface area (Å²) in [6.45, 7) is 0.500. The van der Waals surface area contributed by atoms with Crippen LogP contribution in [0.25, 0.3) is 0 Å². The van der Waals surface area contributed by atoms with Crippen LogP contribution in [0.5, 0.6) is 0 Å². The molecule has 0 saturated heterocycles. The summed E-state index contributed by atoms with van der Waals surface area (Å²) in [6.07, 6.45) is 6.30. The molecular weight excluding hydrogens is 294 g/mol. The van der Waals surface area contributed by atoms with Crippen LogP contribution < -0.4 is 11.4 Å². The predicted octanol–water partition coefficient (Wildman–Crippen LogP) is 1.46. The summed E-state index contributed by atoms with van der Waals surface area (Å²) in [7, 11) is 0.